The van der Waals surface area contributed by atoms with Crippen molar-refractivity contribution in [2.24, 2.45) is 5.92 Å². The zero-order chi connectivity index (χ0) is 13.4. The van der Waals surface area contributed by atoms with Gasteiger partial charge in [0.2, 0.25) is 0 Å². The molecule has 3 rings (SSSR count). The Morgan fingerprint density at radius 3 is 3.11 bits per heavy atom. The van der Waals surface area contributed by atoms with Crippen LogP contribution in [0.1, 0.15) is 16.8 Å². The highest BCUT2D eigenvalue weighted by Gasteiger charge is 2.40. The number of likely N-dealkylation sites (tertiary alicyclic amines) is 1. The van der Waals surface area contributed by atoms with Gasteiger partial charge < -0.3 is 15.0 Å². The number of fused-ring (bicyclic) bond motifs is 1. The average Bonchev–Trinajstić information content (AvgIpc) is 3.01. The molecular weight excluding hydrogens is 308 g/mol. The van der Waals surface area contributed by atoms with E-state index in [1.807, 2.05) is 23.1 Å². The van der Waals surface area contributed by atoms with E-state index in [4.69, 9.17) is 4.74 Å². The van der Waals surface area contributed by atoms with E-state index in [-0.39, 0.29) is 5.91 Å². The molecule has 102 valence electrons. The zero-order valence-electron chi connectivity index (χ0n) is 10.9. The average molecular weight is 325 g/mol. The van der Waals surface area contributed by atoms with Gasteiger partial charge >= 0.3 is 0 Å². The molecular formula is C14H17BrN2O2. The second-order valence-electron chi connectivity index (χ2n) is 5.12. The summed E-state index contributed by atoms with van der Waals surface area (Å²) in [6.07, 6.45) is 1.10. The van der Waals surface area contributed by atoms with Gasteiger partial charge in [-0.2, -0.15) is 0 Å². The van der Waals surface area contributed by atoms with Gasteiger partial charge in [0.1, 0.15) is 5.75 Å². The third kappa shape index (κ3) is 2.25. The fourth-order valence-electron chi connectivity index (χ4n) is 3.05. The van der Waals surface area contributed by atoms with E-state index in [2.05, 4.69) is 21.2 Å². The molecule has 5 heteroatoms. The number of carbonyl (C=O) groups is 1. The molecule has 0 unspecified atom stereocenters. The molecule has 1 amide bonds. The second kappa shape index (κ2) is 5.13. The van der Waals surface area contributed by atoms with Crippen molar-refractivity contribution in [2.75, 3.05) is 26.7 Å². The van der Waals surface area contributed by atoms with Crippen LogP contribution in [0, 0.1) is 5.92 Å². The first kappa shape index (κ1) is 12.9. The van der Waals surface area contributed by atoms with Gasteiger partial charge in [-0.3, -0.25) is 4.79 Å². The van der Waals surface area contributed by atoms with Crippen LogP contribution in [0.25, 0.3) is 0 Å². The summed E-state index contributed by atoms with van der Waals surface area (Å²) in [5.41, 5.74) is 0.687. The summed E-state index contributed by atoms with van der Waals surface area (Å²) in [6.45, 7) is 2.81. The Morgan fingerprint density at radius 1 is 1.47 bits per heavy atom. The van der Waals surface area contributed by atoms with Gasteiger partial charge in [0.05, 0.1) is 12.7 Å². The summed E-state index contributed by atoms with van der Waals surface area (Å²) in [5.74, 6) is 1.43. The number of halogens is 1. The Labute approximate surface area is 121 Å². The first-order valence-electron chi connectivity index (χ1n) is 6.56. The number of nitrogens with zero attached hydrogens (tertiary/aromatic N) is 1. The van der Waals surface area contributed by atoms with Crippen molar-refractivity contribution in [2.45, 2.75) is 12.5 Å². The molecule has 1 N–H and O–H groups in total. The fraction of sp³-hybridized carbons (Fsp3) is 0.500. The lowest BCUT2D eigenvalue weighted by atomic mass is 10.0. The maximum Gasteiger partial charge on any atom is 0.255 e. The van der Waals surface area contributed by atoms with E-state index in [0.29, 0.717) is 23.3 Å². The molecule has 0 spiro atoms. The SMILES string of the molecule is COc1ccc(Br)c(C(=O)N2CC[C@H]3CNC[C@H]32)c1. The number of hydrogen-bond acceptors (Lipinski definition) is 3. The van der Waals surface area contributed by atoms with Crippen LogP contribution in [0.15, 0.2) is 22.7 Å². The van der Waals surface area contributed by atoms with Crippen molar-refractivity contribution < 1.29 is 9.53 Å². The minimum atomic E-state index is 0.0991. The first-order chi connectivity index (χ1) is 9.20. The number of rotatable bonds is 2. The summed E-state index contributed by atoms with van der Waals surface area (Å²) in [6, 6.07) is 5.88. The molecule has 4 nitrogen and oxygen atoms in total. The van der Waals surface area contributed by atoms with E-state index in [1.54, 1.807) is 7.11 Å². The van der Waals surface area contributed by atoms with Crippen LogP contribution >= 0.6 is 15.9 Å². The van der Waals surface area contributed by atoms with Crippen LogP contribution in [0.3, 0.4) is 0 Å². The summed E-state index contributed by atoms with van der Waals surface area (Å²) in [4.78, 5) is 14.7. The van der Waals surface area contributed by atoms with Gasteiger partial charge in [0.25, 0.3) is 5.91 Å². The maximum atomic E-state index is 12.7. The van der Waals surface area contributed by atoms with E-state index < -0.39 is 0 Å². The number of amides is 1. The predicted octanol–water partition coefficient (Wildman–Crippen LogP) is 1.89. The molecule has 0 aromatic heterocycles. The number of benzene rings is 1. The van der Waals surface area contributed by atoms with Crippen molar-refractivity contribution >= 4 is 21.8 Å². The van der Waals surface area contributed by atoms with Crippen molar-refractivity contribution in [3.05, 3.63) is 28.2 Å². The van der Waals surface area contributed by atoms with E-state index in [9.17, 15) is 4.79 Å². The Hall–Kier alpha value is -1.07. The van der Waals surface area contributed by atoms with Crippen molar-refractivity contribution in [1.82, 2.24) is 10.2 Å². The van der Waals surface area contributed by atoms with Crippen LogP contribution < -0.4 is 10.1 Å². The monoisotopic (exact) mass is 324 g/mol. The summed E-state index contributed by atoms with van der Waals surface area (Å²) < 4.78 is 6.03. The fourth-order valence-corrected chi connectivity index (χ4v) is 3.47. The second-order valence-corrected chi connectivity index (χ2v) is 5.97. The highest BCUT2D eigenvalue weighted by atomic mass is 79.9. The largest absolute Gasteiger partial charge is 0.497 e. The topological polar surface area (TPSA) is 41.6 Å². The van der Waals surface area contributed by atoms with Crippen LogP contribution in [0.5, 0.6) is 5.75 Å². The molecule has 2 atom stereocenters. The van der Waals surface area contributed by atoms with Crippen molar-refractivity contribution in [3.8, 4) is 5.75 Å². The molecule has 19 heavy (non-hydrogen) atoms. The molecule has 0 bridgehead atoms. The van der Waals surface area contributed by atoms with Gasteiger partial charge in [0.15, 0.2) is 0 Å². The molecule has 2 aliphatic rings. The van der Waals surface area contributed by atoms with Crippen LogP contribution in [0.2, 0.25) is 0 Å². The normalized spacial score (nSPS) is 25.5. The molecule has 1 aromatic carbocycles. The molecule has 1 aromatic rings. The molecule has 2 fully saturated rings. The molecule has 0 saturated carbocycles. The molecule has 0 radical (unpaired) electrons. The highest BCUT2D eigenvalue weighted by Crippen LogP contribution is 2.31. The van der Waals surface area contributed by atoms with Gasteiger partial charge in [-0.15, -0.1) is 0 Å². The molecule has 2 aliphatic heterocycles. The summed E-state index contributed by atoms with van der Waals surface area (Å²) in [5, 5.41) is 3.37. The predicted molar refractivity (Wildman–Crippen MR) is 76.5 cm³/mol. The number of methoxy groups -OCH3 is 1. The van der Waals surface area contributed by atoms with E-state index in [1.165, 1.54) is 0 Å². The zero-order valence-corrected chi connectivity index (χ0v) is 12.4. The van der Waals surface area contributed by atoms with Gasteiger partial charge in [0, 0.05) is 30.1 Å². The van der Waals surface area contributed by atoms with E-state index in [0.717, 1.165) is 30.5 Å². The maximum absolute atomic E-state index is 12.7. The third-order valence-corrected chi connectivity index (χ3v) is 4.80. The van der Waals surface area contributed by atoms with Gasteiger partial charge in [-0.1, -0.05) is 0 Å². The Balaban J connectivity index is 1.87. The first-order valence-corrected chi connectivity index (χ1v) is 7.35. The van der Waals surface area contributed by atoms with Gasteiger partial charge in [-0.25, -0.2) is 0 Å². The molecule has 0 aliphatic carbocycles. The minimum absolute atomic E-state index is 0.0991. The quantitative estimate of drug-likeness (QED) is 0.903. The van der Waals surface area contributed by atoms with Crippen molar-refractivity contribution in [1.29, 1.82) is 0 Å². The van der Waals surface area contributed by atoms with Gasteiger partial charge in [-0.05, 0) is 46.5 Å². The lowest BCUT2D eigenvalue weighted by Crippen LogP contribution is -2.39. The minimum Gasteiger partial charge on any atom is -0.497 e. The molecule has 2 heterocycles. The number of hydrogen-bond donors (Lipinski definition) is 1. The Kier molecular flexibility index (Phi) is 3.50. The lowest BCUT2D eigenvalue weighted by molar-refractivity contribution is 0.0735. The lowest BCUT2D eigenvalue weighted by Gasteiger charge is -2.24. The van der Waals surface area contributed by atoms with Crippen LogP contribution in [0.4, 0.5) is 0 Å². The molecule has 2 saturated heterocycles. The Morgan fingerprint density at radius 2 is 2.32 bits per heavy atom. The number of nitrogens with one attached hydrogen (secondary N) is 1. The third-order valence-electron chi connectivity index (χ3n) is 4.11. The number of ether oxygens (including phenoxy) is 1. The van der Waals surface area contributed by atoms with Crippen molar-refractivity contribution in [3.63, 3.8) is 0 Å². The Bertz CT molecular complexity index is 506. The summed E-state index contributed by atoms with van der Waals surface area (Å²) >= 11 is 3.46. The standard InChI is InChI=1S/C14H17BrN2O2/c1-19-10-2-3-12(15)11(6-10)14(18)17-5-4-9-7-16-8-13(9)17/h2-3,6,9,13,16H,4-5,7-8H2,1H3/t9-,13+/m0/s1. The summed E-state index contributed by atoms with van der Waals surface area (Å²) in [7, 11) is 1.62. The van der Waals surface area contributed by atoms with Crippen LogP contribution in [-0.2, 0) is 0 Å². The van der Waals surface area contributed by atoms with Crippen LogP contribution in [-0.4, -0.2) is 43.6 Å². The smallest absolute Gasteiger partial charge is 0.255 e. The highest BCUT2D eigenvalue weighted by molar-refractivity contribution is 9.10. The van der Waals surface area contributed by atoms with E-state index >= 15 is 0 Å². The number of carbonyl (C=O) groups excluding carboxylic acids is 1.